The zero-order valence-electron chi connectivity index (χ0n) is 7.86. The van der Waals surface area contributed by atoms with Gasteiger partial charge in [-0.25, -0.2) is 9.78 Å². The molecule has 0 saturated carbocycles. The average Bonchev–Trinajstić information content (AvgIpc) is 2.20. The lowest BCUT2D eigenvalue weighted by atomic mass is 10.4. The molecule has 0 amide bonds. The molecule has 0 bridgehead atoms. The summed E-state index contributed by atoms with van der Waals surface area (Å²) in [5.74, 6) is 0.103. The van der Waals surface area contributed by atoms with Crippen molar-refractivity contribution in [3.63, 3.8) is 0 Å². The van der Waals surface area contributed by atoms with Crippen molar-refractivity contribution in [1.29, 1.82) is 0 Å². The third-order valence-corrected chi connectivity index (χ3v) is 2.16. The maximum atomic E-state index is 11.0. The lowest BCUT2D eigenvalue weighted by Crippen LogP contribution is -2.25. The number of esters is 1. The zero-order valence-corrected chi connectivity index (χ0v) is 9.45. The summed E-state index contributed by atoms with van der Waals surface area (Å²) in [5, 5.41) is 0. The summed E-state index contributed by atoms with van der Waals surface area (Å²) in [5.41, 5.74) is 0. The maximum absolute atomic E-state index is 11.0. The molecule has 0 spiro atoms. The van der Waals surface area contributed by atoms with Gasteiger partial charge in [-0.15, -0.1) is 0 Å². The molecule has 76 valence electrons. The number of ether oxygens (including phenoxy) is 2. The van der Waals surface area contributed by atoms with Gasteiger partial charge in [0.05, 0.1) is 7.11 Å². The van der Waals surface area contributed by atoms with Crippen molar-refractivity contribution in [3.8, 4) is 5.75 Å². The highest BCUT2D eigenvalue weighted by Crippen LogP contribution is 2.22. The first-order valence-electron chi connectivity index (χ1n) is 4.00. The summed E-state index contributed by atoms with van der Waals surface area (Å²) in [7, 11) is 1.32. The second-order valence-electron chi connectivity index (χ2n) is 2.58. The topological polar surface area (TPSA) is 48.4 Å². The number of carbonyl (C=O) groups excluding carboxylic acids is 1. The van der Waals surface area contributed by atoms with Crippen molar-refractivity contribution in [1.82, 2.24) is 4.98 Å². The van der Waals surface area contributed by atoms with Crippen LogP contribution in [0.3, 0.4) is 0 Å². The number of hydrogen-bond acceptors (Lipinski definition) is 4. The monoisotopic (exact) mass is 259 g/mol. The lowest BCUT2D eigenvalue weighted by molar-refractivity contribution is -0.147. The van der Waals surface area contributed by atoms with E-state index in [1.807, 2.05) is 0 Å². The van der Waals surface area contributed by atoms with E-state index in [-0.39, 0.29) is 0 Å². The molecule has 1 heterocycles. The summed E-state index contributed by atoms with van der Waals surface area (Å²) in [6, 6.07) is 3.45. The first kappa shape index (κ1) is 11.0. The first-order valence-corrected chi connectivity index (χ1v) is 4.79. The Labute approximate surface area is 90.4 Å². The molecular weight excluding hydrogens is 250 g/mol. The van der Waals surface area contributed by atoms with Crippen LogP contribution >= 0.6 is 15.9 Å². The van der Waals surface area contributed by atoms with Gasteiger partial charge in [0.2, 0.25) is 0 Å². The highest BCUT2D eigenvalue weighted by molar-refractivity contribution is 9.10. The molecule has 0 radical (unpaired) electrons. The molecule has 4 nitrogen and oxygen atoms in total. The van der Waals surface area contributed by atoms with Crippen LogP contribution in [0, 0.1) is 0 Å². The molecule has 0 aliphatic heterocycles. The van der Waals surface area contributed by atoms with Gasteiger partial charge in [-0.05, 0) is 35.0 Å². The standard InChI is InChI=1S/C9H10BrNO3/c1-6(9(12)13-2)14-7-4-3-5-11-8(7)10/h3-6H,1-2H3/t6-/m0/s1. The number of halogens is 1. The predicted octanol–water partition coefficient (Wildman–Crippen LogP) is 1.78. The molecule has 0 fully saturated rings. The second-order valence-corrected chi connectivity index (χ2v) is 3.33. The summed E-state index contributed by atoms with van der Waals surface area (Å²) in [6.45, 7) is 1.62. The molecule has 1 atom stereocenters. The Kier molecular flexibility index (Phi) is 3.88. The number of hydrogen-bond donors (Lipinski definition) is 0. The SMILES string of the molecule is COC(=O)[C@H](C)Oc1cccnc1Br. The van der Waals surface area contributed by atoms with Crippen LogP contribution in [0.4, 0.5) is 0 Å². The molecule has 1 rings (SSSR count). The fourth-order valence-electron chi connectivity index (χ4n) is 0.864. The third kappa shape index (κ3) is 2.70. The normalized spacial score (nSPS) is 11.9. The molecule has 14 heavy (non-hydrogen) atoms. The molecule has 0 N–H and O–H groups in total. The van der Waals surface area contributed by atoms with Gasteiger partial charge in [0.1, 0.15) is 4.60 Å². The second kappa shape index (κ2) is 4.95. The quantitative estimate of drug-likeness (QED) is 0.614. The summed E-state index contributed by atoms with van der Waals surface area (Å²) in [6.07, 6.45) is 0.986. The number of methoxy groups -OCH3 is 1. The van der Waals surface area contributed by atoms with Crippen LogP contribution in [0.15, 0.2) is 22.9 Å². The van der Waals surface area contributed by atoms with Gasteiger partial charge in [-0.3, -0.25) is 0 Å². The Bertz CT molecular complexity index is 330. The minimum absolute atomic E-state index is 0.416. The predicted molar refractivity (Wildman–Crippen MR) is 54.0 cm³/mol. The van der Waals surface area contributed by atoms with E-state index in [0.717, 1.165) is 0 Å². The number of carbonyl (C=O) groups is 1. The number of rotatable bonds is 3. The van der Waals surface area contributed by atoms with E-state index in [2.05, 4.69) is 25.7 Å². The van der Waals surface area contributed by atoms with Crippen LogP contribution in [0.2, 0.25) is 0 Å². The van der Waals surface area contributed by atoms with Crippen LogP contribution in [0.1, 0.15) is 6.92 Å². The third-order valence-electron chi connectivity index (χ3n) is 1.56. The molecule has 1 aromatic heterocycles. The minimum atomic E-state index is -0.638. The molecular formula is C9H10BrNO3. The molecule has 0 aliphatic rings. The van der Waals surface area contributed by atoms with Gasteiger partial charge >= 0.3 is 5.97 Å². The van der Waals surface area contributed by atoms with E-state index >= 15 is 0 Å². The van der Waals surface area contributed by atoms with Crippen molar-refractivity contribution >= 4 is 21.9 Å². The van der Waals surface area contributed by atoms with Crippen LogP contribution < -0.4 is 4.74 Å². The Hall–Kier alpha value is -1.10. The Morgan fingerprint density at radius 2 is 2.36 bits per heavy atom. The van der Waals surface area contributed by atoms with E-state index in [1.54, 1.807) is 25.3 Å². The van der Waals surface area contributed by atoms with E-state index in [1.165, 1.54) is 7.11 Å². The van der Waals surface area contributed by atoms with Crippen LogP contribution in [0.5, 0.6) is 5.75 Å². The minimum Gasteiger partial charge on any atom is -0.476 e. The van der Waals surface area contributed by atoms with Crippen molar-refractivity contribution < 1.29 is 14.3 Å². The van der Waals surface area contributed by atoms with Crippen molar-refractivity contribution in [2.45, 2.75) is 13.0 Å². The Morgan fingerprint density at radius 1 is 1.64 bits per heavy atom. The Balaban J connectivity index is 2.69. The number of pyridine rings is 1. The van der Waals surface area contributed by atoms with Crippen molar-refractivity contribution in [2.24, 2.45) is 0 Å². The first-order chi connectivity index (χ1) is 6.65. The summed E-state index contributed by atoms with van der Waals surface area (Å²) >= 11 is 3.21. The molecule has 0 aliphatic carbocycles. The zero-order chi connectivity index (χ0) is 10.6. The van der Waals surface area contributed by atoms with Gasteiger partial charge in [0.25, 0.3) is 0 Å². The van der Waals surface area contributed by atoms with Crippen molar-refractivity contribution in [3.05, 3.63) is 22.9 Å². The van der Waals surface area contributed by atoms with E-state index in [9.17, 15) is 4.79 Å². The number of aromatic nitrogens is 1. The maximum Gasteiger partial charge on any atom is 0.346 e. The van der Waals surface area contributed by atoms with Gasteiger partial charge in [-0.1, -0.05) is 0 Å². The molecule has 5 heteroatoms. The lowest BCUT2D eigenvalue weighted by Gasteiger charge is -2.12. The van der Waals surface area contributed by atoms with Gasteiger partial charge < -0.3 is 9.47 Å². The molecule has 0 aromatic carbocycles. The largest absolute Gasteiger partial charge is 0.476 e. The molecule has 1 aromatic rings. The smallest absolute Gasteiger partial charge is 0.346 e. The highest BCUT2D eigenvalue weighted by Gasteiger charge is 2.15. The van der Waals surface area contributed by atoms with Crippen LogP contribution in [-0.4, -0.2) is 24.2 Å². The fraction of sp³-hybridized carbons (Fsp3) is 0.333. The average molecular weight is 260 g/mol. The fourth-order valence-corrected chi connectivity index (χ4v) is 1.21. The van der Waals surface area contributed by atoms with E-state index in [0.29, 0.717) is 10.4 Å². The summed E-state index contributed by atoms with van der Waals surface area (Å²) < 4.78 is 10.4. The van der Waals surface area contributed by atoms with Crippen molar-refractivity contribution in [2.75, 3.05) is 7.11 Å². The highest BCUT2D eigenvalue weighted by atomic mass is 79.9. The van der Waals surface area contributed by atoms with Crippen LogP contribution in [-0.2, 0) is 9.53 Å². The van der Waals surface area contributed by atoms with Gasteiger partial charge in [0.15, 0.2) is 11.9 Å². The van der Waals surface area contributed by atoms with Gasteiger partial charge in [-0.2, -0.15) is 0 Å². The number of nitrogens with zero attached hydrogens (tertiary/aromatic N) is 1. The Morgan fingerprint density at radius 3 is 2.93 bits per heavy atom. The van der Waals surface area contributed by atoms with E-state index in [4.69, 9.17) is 4.74 Å². The van der Waals surface area contributed by atoms with Crippen LogP contribution in [0.25, 0.3) is 0 Å². The molecule has 0 saturated heterocycles. The van der Waals surface area contributed by atoms with E-state index < -0.39 is 12.1 Å². The van der Waals surface area contributed by atoms with Gasteiger partial charge in [0, 0.05) is 6.20 Å². The molecule has 0 unspecified atom stereocenters. The summed E-state index contributed by atoms with van der Waals surface area (Å²) in [4.78, 5) is 15.0.